The molecule has 3 heteroatoms. The van der Waals surface area contributed by atoms with Gasteiger partial charge in [0.2, 0.25) is 0 Å². The molecule has 2 rings (SSSR count). The van der Waals surface area contributed by atoms with Crippen LogP contribution in [0.5, 0.6) is 5.75 Å². The highest BCUT2D eigenvalue weighted by Gasteiger charge is 2.34. The molecule has 1 heterocycles. The Bertz CT molecular complexity index is 338. The number of benzene rings is 1. The van der Waals surface area contributed by atoms with Crippen molar-refractivity contribution in [3.05, 3.63) is 29.6 Å². The van der Waals surface area contributed by atoms with Crippen LogP contribution < -0.4 is 4.74 Å². The minimum atomic E-state index is -0.573. The van der Waals surface area contributed by atoms with Gasteiger partial charge in [-0.1, -0.05) is 0 Å². The summed E-state index contributed by atoms with van der Waals surface area (Å²) in [5, 5.41) is 9.05. The summed E-state index contributed by atoms with van der Waals surface area (Å²) >= 11 is 0. The maximum absolute atomic E-state index is 12.8. The van der Waals surface area contributed by atoms with Crippen molar-refractivity contribution in [2.75, 3.05) is 6.61 Å². The lowest BCUT2D eigenvalue weighted by atomic mass is 10.0. The Kier molecular flexibility index (Phi) is 1.77. The first-order chi connectivity index (χ1) is 6.13. The molecule has 0 aromatic heterocycles. The van der Waals surface area contributed by atoms with Gasteiger partial charge in [-0.3, -0.25) is 0 Å². The molecule has 2 nitrogen and oxygen atoms in total. The summed E-state index contributed by atoms with van der Waals surface area (Å²) in [6.07, 6.45) is 0.566. The summed E-state index contributed by atoms with van der Waals surface area (Å²) in [5.41, 5.74) is 0.257. The van der Waals surface area contributed by atoms with E-state index in [4.69, 9.17) is 9.84 Å². The number of rotatable bonds is 1. The van der Waals surface area contributed by atoms with Crippen LogP contribution >= 0.6 is 0 Å². The fourth-order valence-corrected chi connectivity index (χ4v) is 1.58. The van der Waals surface area contributed by atoms with Crippen molar-refractivity contribution in [1.82, 2.24) is 0 Å². The van der Waals surface area contributed by atoms with E-state index < -0.39 is 5.60 Å². The minimum Gasteiger partial charge on any atom is -0.485 e. The second-order valence-electron chi connectivity index (χ2n) is 3.64. The SMILES string of the molecule is CC1(CO)Cc2cc(F)ccc2O1. The van der Waals surface area contributed by atoms with Crippen molar-refractivity contribution in [2.45, 2.75) is 18.9 Å². The Balaban J connectivity index is 2.35. The quantitative estimate of drug-likeness (QED) is 0.713. The first-order valence-electron chi connectivity index (χ1n) is 4.21. The number of hydrogen-bond donors (Lipinski definition) is 1. The lowest BCUT2D eigenvalue weighted by Crippen LogP contribution is -2.34. The smallest absolute Gasteiger partial charge is 0.133 e. The highest BCUT2D eigenvalue weighted by atomic mass is 19.1. The van der Waals surface area contributed by atoms with Gasteiger partial charge in [0.25, 0.3) is 0 Å². The molecule has 0 saturated heterocycles. The molecule has 1 unspecified atom stereocenters. The minimum absolute atomic E-state index is 0.0523. The first kappa shape index (κ1) is 8.51. The third-order valence-electron chi connectivity index (χ3n) is 2.28. The summed E-state index contributed by atoms with van der Waals surface area (Å²) in [6, 6.07) is 4.42. The fraction of sp³-hybridized carbons (Fsp3) is 0.400. The molecule has 0 aliphatic carbocycles. The Hall–Kier alpha value is -1.09. The summed E-state index contributed by atoms with van der Waals surface area (Å²) in [6.45, 7) is 1.76. The third kappa shape index (κ3) is 1.40. The zero-order chi connectivity index (χ0) is 9.47. The zero-order valence-corrected chi connectivity index (χ0v) is 7.38. The van der Waals surface area contributed by atoms with E-state index in [1.807, 2.05) is 6.92 Å². The highest BCUT2D eigenvalue weighted by molar-refractivity contribution is 5.39. The van der Waals surface area contributed by atoms with Crippen LogP contribution in [0.4, 0.5) is 4.39 Å². The number of hydrogen-bond acceptors (Lipinski definition) is 2. The topological polar surface area (TPSA) is 29.5 Å². The average molecular weight is 182 g/mol. The van der Waals surface area contributed by atoms with Crippen LogP contribution in [0.1, 0.15) is 12.5 Å². The normalized spacial score (nSPS) is 25.5. The fourth-order valence-electron chi connectivity index (χ4n) is 1.58. The lowest BCUT2D eigenvalue weighted by molar-refractivity contribution is 0.0446. The Morgan fingerprint density at radius 2 is 2.38 bits per heavy atom. The van der Waals surface area contributed by atoms with Crippen molar-refractivity contribution >= 4 is 0 Å². The molecule has 0 radical (unpaired) electrons. The second-order valence-corrected chi connectivity index (χ2v) is 3.64. The molecule has 0 fully saturated rings. The largest absolute Gasteiger partial charge is 0.485 e. The monoisotopic (exact) mass is 182 g/mol. The number of fused-ring (bicyclic) bond motifs is 1. The summed E-state index contributed by atoms with van der Waals surface area (Å²) in [5.74, 6) is 0.419. The average Bonchev–Trinajstić information content (AvgIpc) is 2.42. The van der Waals surface area contributed by atoms with E-state index in [2.05, 4.69) is 0 Å². The molecule has 70 valence electrons. The van der Waals surface area contributed by atoms with Crippen LogP contribution in [0.3, 0.4) is 0 Å². The third-order valence-corrected chi connectivity index (χ3v) is 2.28. The van der Waals surface area contributed by atoms with Gasteiger partial charge in [0, 0.05) is 12.0 Å². The molecule has 0 spiro atoms. The van der Waals surface area contributed by atoms with E-state index >= 15 is 0 Å². The van der Waals surface area contributed by atoms with E-state index in [-0.39, 0.29) is 12.4 Å². The van der Waals surface area contributed by atoms with E-state index in [0.29, 0.717) is 12.2 Å². The summed E-state index contributed by atoms with van der Waals surface area (Å²) in [7, 11) is 0. The molecule has 0 amide bonds. The van der Waals surface area contributed by atoms with Crippen LogP contribution in [0.2, 0.25) is 0 Å². The van der Waals surface area contributed by atoms with Crippen molar-refractivity contribution in [2.24, 2.45) is 0 Å². The predicted octanol–water partition coefficient (Wildman–Crippen LogP) is 1.51. The molecule has 1 N–H and O–H groups in total. The molecule has 1 aromatic carbocycles. The standard InChI is InChI=1S/C10H11FO2/c1-10(6-12)5-7-4-8(11)2-3-9(7)13-10/h2-4,12H,5-6H2,1H3. The van der Waals surface area contributed by atoms with Gasteiger partial charge in [0.1, 0.15) is 17.2 Å². The van der Waals surface area contributed by atoms with Gasteiger partial charge in [-0.2, -0.15) is 0 Å². The number of ether oxygens (including phenoxy) is 1. The Morgan fingerprint density at radius 3 is 3.08 bits per heavy atom. The van der Waals surface area contributed by atoms with Gasteiger partial charge in [-0.25, -0.2) is 4.39 Å². The van der Waals surface area contributed by atoms with Gasteiger partial charge < -0.3 is 9.84 Å². The van der Waals surface area contributed by atoms with E-state index in [1.54, 1.807) is 6.07 Å². The number of aliphatic hydroxyl groups excluding tert-OH is 1. The molecule has 0 saturated carbocycles. The molecule has 1 atom stereocenters. The van der Waals surface area contributed by atoms with Crippen LogP contribution in [0, 0.1) is 5.82 Å². The van der Waals surface area contributed by atoms with Crippen LogP contribution in [0.25, 0.3) is 0 Å². The molecule has 0 bridgehead atoms. The molecule has 1 aliphatic heterocycles. The van der Waals surface area contributed by atoms with Crippen molar-refractivity contribution in [3.8, 4) is 5.75 Å². The zero-order valence-electron chi connectivity index (χ0n) is 7.38. The molecular weight excluding hydrogens is 171 g/mol. The van der Waals surface area contributed by atoms with Gasteiger partial charge in [-0.05, 0) is 25.1 Å². The maximum Gasteiger partial charge on any atom is 0.133 e. The number of halogens is 1. The number of aliphatic hydroxyl groups is 1. The van der Waals surface area contributed by atoms with Crippen LogP contribution in [-0.2, 0) is 6.42 Å². The lowest BCUT2D eigenvalue weighted by Gasteiger charge is -2.20. The molecular formula is C10H11FO2. The summed E-state index contributed by atoms with van der Waals surface area (Å²) in [4.78, 5) is 0. The van der Waals surface area contributed by atoms with Crippen LogP contribution in [0.15, 0.2) is 18.2 Å². The second kappa shape index (κ2) is 2.70. The Labute approximate surface area is 76.0 Å². The van der Waals surface area contributed by atoms with Crippen molar-refractivity contribution in [3.63, 3.8) is 0 Å². The van der Waals surface area contributed by atoms with E-state index in [1.165, 1.54) is 12.1 Å². The van der Waals surface area contributed by atoms with Crippen molar-refractivity contribution < 1.29 is 14.2 Å². The molecule has 1 aromatic rings. The van der Waals surface area contributed by atoms with E-state index in [0.717, 1.165) is 5.56 Å². The maximum atomic E-state index is 12.8. The van der Waals surface area contributed by atoms with Crippen molar-refractivity contribution in [1.29, 1.82) is 0 Å². The van der Waals surface area contributed by atoms with E-state index in [9.17, 15) is 4.39 Å². The first-order valence-corrected chi connectivity index (χ1v) is 4.21. The van der Waals surface area contributed by atoms with Gasteiger partial charge in [0.05, 0.1) is 6.61 Å². The summed E-state index contributed by atoms with van der Waals surface area (Å²) < 4.78 is 18.3. The highest BCUT2D eigenvalue weighted by Crippen LogP contribution is 2.34. The van der Waals surface area contributed by atoms with Crippen LogP contribution in [-0.4, -0.2) is 17.3 Å². The molecule has 1 aliphatic rings. The molecule has 13 heavy (non-hydrogen) atoms. The van der Waals surface area contributed by atoms with Gasteiger partial charge in [-0.15, -0.1) is 0 Å². The van der Waals surface area contributed by atoms with Gasteiger partial charge >= 0.3 is 0 Å². The Morgan fingerprint density at radius 1 is 1.62 bits per heavy atom. The predicted molar refractivity (Wildman–Crippen MR) is 46.2 cm³/mol. The van der Waals surface area contributed by atoms with Gasteiger partial charge in [0.15, 0.2) is 0 Å².